The van der Waals surface area contributed by atoms with E-state index in [0.717, 1.165) is 0 Å². The second kappa shape index (κ2) is 7.79. The third-order valence-electron chi connectivity index (χ3n) is 2.98. The Hall–Kier alpha value is -3.08. The third-order valence-corrected chi connectivity index (χ3v) is 2.98. The minimum absolute atomic E-state index is 0.0537. The number of carbonyl (C=O) groups excluding carboxylic acids is 2. The molecule has 0 aromatic heterocycles. The van der Waals surface area contributed by atoms with E-state index < -0.39 is 11.7 Å². The van der Waals surface area contributed by atoms with Gasteiger partial charge in [-0.3, -0.25) is 4.79 Å². The standard InChI is InChI=1S/C18H16O5/c1-13(19)18(21)23-12-11-22-16-10-6-5-9-15(16)17(20)14-7-3-2-4-8-14/h2-10,19H,1,11-12H2. The minimum atomic E-state index is -0.901. The number of aliphatic hydroxyl groups excluding tert-OH is 1. The predicted molar refractivity (Wildman–Crippen MR) is 84.5 cm³/mol. The molecule has 0 saturated carbocycles. The van der Waals surface area contributed by atoms with Crippen LogP contribution in [-0.2, 0) is 9.53 Å². The zero-order valence-electron chi connectivity index (χ0n) is 12.4. The van der Waals surface area contributed by atoms with E-state index in [0.29, 0.717) is 16.9 Å². The highest BCUT2D eigenvalue weighted by molar-refractivity contribution is 6.10. The molecule has 2 aromatic rings. The fourth-order valence-corrected chi connectivity index (χ4v) is 1.89. The van der Waals surface area contributed by atoms with Crippen molar-refractivity contribution >= 4 is 11.8 Å². The maximum atomic E-state index is 12.5. The monoisotopic (exact) mass is 312 g/mol. The summed E-state index contributed by atoms with van der Waals surface area (Å²) in [4.78, 5) is 23.5. The number of hydrogen-bond acceptors (Lipinski definition) is 5. The van der Waals surface area contributed by atoms with E-state index in [1.54, 1.807) is 48.5 Å². The molecule has 1 N–H and O–H groups in total. The summed E-state index contributed by atoms with van der Waals surface area (Å²) in [6.45, 7) is 3.05. The highest BCUT2D eigenvalue weighted by Gasteiger charge is 2.14. The molecule has 5 heteroatoms. The molecular weight excluding hydrogens is 296 g/mol. The zero-order chi connectivity index (χ0) is 16.7. The van der Waals surface area contributed by atoms with Gasteiger partial charge in [0.15, 0.2) is 11.5 Å². The average molecular weight is 312 g/mol. The van der Waals surface area contributed by atoms with Gasteiger partial charge in [0.25, 0.3) is 0 Å². The van der Waals surface area contributed by atoms with Crippen molar-refractivity contribution in [2.45, 2.75) is 0 Å². The van der Waals surface area contributed by atoms with Crippen LogP contribution >= 0.6 is 0 Å². The van der Waals surface area contributed by atoms with Crippen LogP contribution in [0.25, 0.3) is 0 Å². The lowest BCUT2D eigenvalue weighted by Gasteiger charge is -2.11. The Bertz CT molecular complexity index is 706. The van der Waals surface area contributed by atoms with Gasteiger partial charge in [-0.15, -0.1) is 0 Å². The molecule has 2 rings (SSSR count). The molecule has 0 heterocycles. The minimum Gasteiger partial charge on any atom is -0.502 e. The van der Waals surface area contributed by atoms with Crippen LogP contribution in [-0.4, -0.2) is 30.1 Å². The molecular formula is C18H16O5. The number of ketones is 1. The molecule has 0 unspecified atom stereocenters. The van der Waals surface area contributed by atoms with Crippen molar-refractivity contribution in [3.63, 3.8) is 0 Å². The fraction of sp³-hybridized carbons (Fsp3) is 0.111. The Morgan fingerprint density at radius 1 is 0.957 bits per heavy atom. The van der Waals surface area contributed by atoms with Crippen molar-refractivity contribution in [2.24, 2.45) is 0 Å². The van der Waals surface area contributed by atoms with E-state index in [-0.39, 0.29) is 19.0 Å². The van der Waals surface area contributed by atoms with Gasteiger partial charge in [0.2, 0.25) is 0 Å². The van der Waals surface area contributed by atoms with Crippen LogP contribution in [0.1, 0.15) is 15.9 Å². The second-order valence-corrected chi connectivity index (χ2v) is 4.62. The molecule has 0 fully saturated rings. The van der Waals surface area contributed by atoms with Crippen molar-refractivity contribution in [1.29, 1.82) is 0 Å². The second-order valence-electron chi connectivity index (χ2n) is 4.62. The molecule has 118 valence electrons. The predicted octanol–water partition coefficient (Wildman–Crippen LogP) is 2.91. The summed E-state index contributed by atoms with van der Waals surface area (Å²) in [5.41, 5.74) is 0.989. The van der Waals surface area contributed by atoms with Crippen LogP contribution in [0, 0.1) is 0 Å². The number of para-hydroxylation sites is 1. The van der Waals surface area contributed by atoms with Crippen LogP contribution in [0.3, 0.4) is 0 Å². The van der Waals surface area contributed by atoms with Crippen molar-refractivity contribution in [2.75, 3.05) is 13.2 Å². The molecule has 0 aliphatic heterocycles. The molecule has 0 bridgehead atoms. The summed E-state index contributed by atoms with van der Waals surface area (Å²) < 4.78 is 10.2. The van der Waals surface area contributed by atoms with Gasteiger partial charge in [0, 0.05) is 5.56 Å². The molecule has 0 radical (unpaired) electrons. The number of esters is 1. The lowest BCUT2D eigenvalue weighted by molar-refractivity contribution is -0.142. The van der Waals surface area contributed by atoms with Crippen LogP contribution < -0.4 is 4.74 Å². The first kappa shape index (κ1) is 16.3. The van der Waals surface area contributed by atoms with Gasteiger partial charge in [-0.25, -0.2) is 4.79 Å². The summed E-state index contributed by atoms with van der Waals surface area (Å²) in [6.07, 6.45) is 0. The quantitative estimate of drug-likeness (QED) is 0.280. The molecule has 5 nitrogen and oxygen atoms in total. The van der Waals surface area contributed by atoms with Crippen LogP contribution in [0.2, 0.25) is 0 Å². The molecule has 0 spiro atoms. The maximum absolute atomic E-state index is 12.5. The van der Waals surface area contributed by atoms with Gasteiger partial charge >= 0.3 is 5.97 Å². The Morgan fingerprint density at radius 2 is 1.61 bits per heavy atom. The lowest BCUT2D eigenvalue weighted by atomic mass is 10.0. The normalized spacial score (nSPS) is 9.91. The smallest absolute Gasteiger partial charge is 0.372 e. The number of carbonyl (C=O) groups is 2. The largest absolute Gasteiger partial charge is 0.502 e. The van der Waals surface area contributed by atoms with Crippen LogP contribution in [0.5, 0.6) is 5.75 Å². The summed E-state index contributed by atoms with van der Waals surface area (Å²) in [6, 6.07) is 15.7. The zero-order valence-corrected chi connectivity index (χ0v) is 12.4. The summed E-state index contributed by atoms with van der Waals surface area (Å²) in [7, 11) is 0. The van der Waals surface area contributed by atoms with E-state index in [1.807, 2.05) is 6.07 Å². The Labute approximate surface area is 133 Å². The van der Waals surface area contributed by atoms with E-state index in [9.17, 15) is 9.59 Å². The third kappa shape index (κ3) is 4.44. The number of aliphatic hydroxyl groups is 1. The highest BCUT2D eigenvalue weighted by atomic mass is 16.6. The number of ether oxygens (including phenoxy) is 2. The molecule has 2 aromatic carbocycles. The average Bonchev–Trinajstić information content (AvgIpc) is 2.59. The Morgan fingerprint density at radius 3 is 2.30 bits per heavy atom. The number of rotatable bonds is 7. The van der Waals surface area contributed by atoms with Crippen molar-refractivity contribution in [3.8, 4) is 5.75 Å². The van der Waals surface area contributed by atoms with Gasteiger partial charge < -0.3 is 14.6 Å². The first-order valence-corrected chi connectivity index (χ1v) is 6.96. The topological polar surface area (TPSA) is 72.8 Å². The van der Waals surface area contributed by atoms with Gasteiger partial charge in [0.1, 0.15) is 19.0 Å². The Kier molecular flexibility index (Phi) is 5.52. The van der Waals surface area contributed by atoms with Gasteiger partial charge in [-0.05, 0) is 18.7 Å². The number of hydrogen-bond donors (Lipinski definition) is 1. The van der Waals surface area contributed by atoms with E-state index in [2.05, 4.69) is 6.58 Å². The van der Waals surface area contributed by atoms with Gasteiger partial charge in [-0.1, -0.05) is 42.5 Å². The molecule has 0 aliphatic rings. The summed E-state index contributed by atoms with van der Waals surface area (Å²) in [5, 5.41) is 8.83. The maximum Gasteiger partial charge on any atom is 0.372 e. The molecule has 0 amide bonds. The van der Waals surface area contributed by atoms with Gasteiger partial charge in [-0.2, -0.15) is 0 Å². The molecule has 0 aliphatic carbocycles. The van der Waals surface area contributed by atoms with E-state index in [1.165, 1.54) is 0 Å². The summed E-state index contributed by atoms with van der Waals surface area (Å²) in [5.74, 6) is -1.31. The first-order valence-electron chi connectivity index (χ1n) is 6.96. The summed E-state index contributed by atoms with van der Waals surface area (Å²) >= 11 is 0. The molecule has 0 atom stereocenters. The van der Waals surface area contributed by atoms with Crippen LogP contribution in [0.15, 0.2) is 66.9 Å². The number of benzene rings is 2. The van der Waals surface area contributed by atoms with Crippen molar-refractivity contribution in [3.05, 3.63) is 78.1 Å². The van der Waals surface area contributed by atoms with Crippen molar-refractivity contribution in [1.82, 2.24) is 0 Å². The lowest BCUT2D eigenvalue weighted by Crippen LogP contribution is -2.14. The highest BCUT2D eigenvalue weighted by Crippen LogP contribution is 2.21. The molecule has 0 saturated heterocycles. The Balaban J connectivity index is 2.02. The van der Waals surface area contributed by atoms with Gasteiger partial charge in [0.05, 0.1) is 5.56 Å². The van der Waals surface area contributed by atoms with Crippen molar-refractivity contribution < 1.29 is 24.2 Å². The SMILES string of the molecule is C=C(O)C(=O)OCCOc1ccccc1C(=O)c1ccccc1. The first-order chi connectivity index (χ1) is 11.1. The fourth-order valence-electron chi connectivity index (χ4n) is 1.89. The van der Waals surface area contributed by atoms with E-state index >= 15 is 0 Å². The van der Waals surface area contributed by atoms with E-state index in [4.69, 9.17) is 14.6 Å². The molecule has 23 heavy (non-hydrogen) atoms. The van der Waals surface area contributed by atoms with Crippen LogP contribution in [0.4, 0.5) is 0 Å².